The van der Waals surface area contributed by atoms with Gasteiger partial charge in [-0.25, -0.2) is 0 Å². The lowest BCUT2D eigenvalue weighted by Gasteiger charge is -2.05. The van der Waals surface area contributed by atoms with Gasteiger partial charge < -0.3 is 10.1 Å². The highest BCUT2D eigenvalue weighted by Gasteiger charge is 1.96. The minimum Gasteiger partial charge on any atom is -0.384 e. The van der Waals surface area contributed by atoms with Crippen molar-refractivity contribution >= 4 is 5.91 Å². The van der Waals surface area contributed by atoms with Crippen molar-refractivity contribution in [3.05, 3.63) is 19.1 Å². The number of rotatable bonds is 5. The molecular weight excluding hydrogens is 154 g/mol. The van der Waals surface area contributed by atoms with Crippen LogP contribution in [0.4, 0.5) is 0 Å². The molecule has 0 aromatic carbocycles. The van der Waals surface area contributed by atoms with E-state index in [9.17, 15) is 4.79 Å². The van der Waals surface area contributed by atoms with E-state index in [-0.39, 0.29) is 6.04 Å². The number of hydrogen-bond donors (Lipinski definition) is 1. The predicted octanol–water partition coefficient (Wildman–Crippen LogP) is 0.795. The molecule has 0 saturated heterocycles. The fourth-order valence-electron chi connectivity index (χ4n) is 0.759. The number of hydrogen-bond acceptors (Lipinski definition) is 2. The Balaban J connectivity index is 3.46. The number of carbonyl (C=O) groups is 1. The molecule has 2 radical (unpaired) electrons. The Labute approximate surface area is 73.8 Å². The molecule has 0 fully saturated rings. The first-order valence-corrected chi connectivity index (χ1v) is 3.88. The Morgan fingerprint density at radius 2 is 2.42 bits per heavy atom. The third-order valence-electron chi connectivity index (χ3n) is 1.28. The number of amides is 1. The van der Waals surface area contributed by atoms with E-state index in [1.165, 1.54) is 0 Å². The molecule has 0 aliphatic heterocycles. The van der Waals surface area contributed by atoms with E-state index in [1.54, 1.807) is 7.11 Å². The van der Waals surface area contributed by atoms with Gasteiger partial charge in [0.1, 0.15) is 0 Å². The molecule has 68 valence electrons. The third kappa shape index (κ3) is 7.28. The highest BCUT2D eigenvalue weighted by molar-refractivity contribution is 5.80. The fourth-order valence-corrected chi connectivity index (χ4v) is 0.759. The summed E-state index contributed by atoms with van der Waals surface area (Å²) >= 11 is 0. The molecule has 12 heavy (non-hydrogen) atoms. The average Bonchev–Trinajstić information content (AvgIpc) is 1.97. The van der Waals surface area contributed by atoms with E-state index in [1.807, 2.05) is 19.1 Å². The summed E-state index contributed by atoms with van der Waals surface area (Å²) in [6, 6.07) is -0.0145. The zero-order valence-electron chi connectivity index (χ0n) is 7.54. The normalized spacial score (nSPS) is 13.2. The van der Waals surface area contributed by atoms with Gasteiger partial charge in [-0.2, -0.15) is 0 Å². The highest BCUT2D eigenvalue weighted by atomic mass is 16.5. The van der Waals surface area contributed by atoms with Crippen molar-refractivity contribution in [1.29, 1.82) is 0 Å². The largest absolute Gasteiger partial charge is 0.384 e. The molecule has 3 heteroatoms. The molecule has 0 aromatic rings. The topological polar surface area (TPSA) is 38.3 Å². The van der Waals surface area contributed by atoms with Crippen LogP contribution in [0.5, 0.6) is 0 Å². The minimum absolute atomic E-state index is 0.0145. The Bertz CT molecular complexity index is 155. The van der Waals surface area contributed by atoms with E-state index >= 15 is 0 Å². The molecule has 1 N–H and O–H groups in total. The molecule has 0 spiro atoms. The zero-order chi connectivity index (χ0) is 9.40. The fraction of sp³-hybridized carbons (Fsp3) is 0.556. The lowest BCUT2D eigenvalue weighted by atomic mass is 10.3. The average molecular weight is 169 g/mol. The summed E-state index contributed by atoms with van der Waals surface area (Å²) in [5, 5.41) is 2.53. The van der Waals surface area contributed by atoms with Gasteiger partial charge in [0, 0.05) is 19.8 Å². The van der Waals surface area contributed by atoms with Crippen molar-refractivity contribution in [2.75, 3.05) is 13.7 Å². The van der Waals surface area contributed by atoms with Crippen LogP contribution in [-0.4, -0.2) is 25.7 Å². The smallest absolute Gasteiger partial charge is 0.225 e. The van der Waals surface area contributed by atoms with E-state index < -0.39 is 5.91 Å². The molecule has 1 amide bonds. The summed E-state index contributed by atoms with van der Waals surface area (Å²) in [5.41, 5.74) is 0. The lowest BCUT2D eigenvalue weighted by Crippen LogP contribution is -2.28. The van der Waals surface area contributed by atoms with Gasteiger partial charge in [0.25, 0.3) is 0 Å². The summed E-state index contributed by atoms with van der Waals surface area (Å²) in [6.45, 7) is 7.46. The molecule has 0 saturated carbocycles. The first-order valence-electron chi connectivity index (χ1n) is 3.88. The van der Waals surface area contributed by atoms with Crippen molar-refractivity contribution in [2.24, 2.45) is 0 Å². The number of methoxy groups -OCH3 is 1. The molecular formula is C9H15NO2. The molecule has 1 unspecified atom stereocenters. The van der Waals surface area contributed by atoms with Crippen molar-refractivity contribution in [3.8, 4) is 0 Å². The monoisotopic (exact) mass is 169 g/mol. The van der Waals surface area contributed by atoms with Gasteiger partial charge >= 0.3 is 0 Å². The second-order valence-corrected chi connectivity index (χ2v) is 2.51. The van der Waals surface area contributed by atoms with Crippen LogP contribution in [0.3, 0.4) is 0 Å². The minimum atomic E-state index is -0.501. The van der Waals surface area contributed by atoms with Gasteiger partial charge in [-0.1, -0.05) is 12.2 Å². The van der Waals surface area contributed by atoms with Gasteiger partial charge in [-0.05, 0) is 13.3 Å². The van der Waals surface area contributed by atoms with E-state index in [4.69, 9.17) is 11.7 Å². The Morgan fingerprint density at radius 1 is 1.75 bits per heavy atom. The van der Waals surface area contributed by atoms with Crippen molar-refractivity contribution < 1.29 is 9.53 Å². The summed E-state index contributed by atoms with van der Waals surface area (Å²) in [5.74, 6) is -0.501. The maximum atomic E-state index is 10.4. The molecule has 1 atom stereocenters. The Hall–Kier alpha value is -0.830. The SMILES string of the molecule is [CH]C(=O)NC(C)/C=C/CCOC. The lowest BCUT2D eigenvalue weighted by molar-refractivity contribution is -0.117. The van der Waals surface area contributed by atoms with Crippen molar-refractivity contribution in [3.63, 3.8) is 0 Å². The first kappa shape index (κ1) is 11.2. The predicted molar refractivity (Wildman–Crippen MR) is 47.5 cm³/mol. The first-order chi connectivity index (χ1) is 5.66. The highest BCUT2D eigenvalue weighted by Crippen LogP contribution is 1.88. The molecule has 0 heterocycles. The standard InChI is InChI=1S/C9H15NO2/c1-8(10-9(2)11)6-4-5-7-12-3/h2,4,6,8H,5,7H2,1,3H3,(H,10,11)/b6-4+. The van der Waals surface area contributed by atoms with E-state index in [2.05, 4.69) is 5.32 Å². The Morgan fingerprint density at radius 3 is 2.92 bits per heavy atom. The third-order valence-corrected chi connectivity index (χ3v) is 1.28. The number of ether oxygens (including phenoxy) is 1. The van der Waals surface area contributed by atoms with Crippen LogP contribution >= 0.6 is 0 Å². The van der Waals surface area contributed by atoms with Crippen LogP contribution < -0.4 is 5.32 Å². The summed E-state index contributed by atoms with van der Waals surface area (Å²) < 4.78 is 4.84. The van der Waals surface area contributed by atoms with Crippen LogP contribution in [-0.2, 0) is 9.53 Å². The molecule has 0 rings (SSSR count). The van der Waals surface area contributed by atoms with Gasteiger partial charge in [-0.3, -0.25) is 4.79 Å². The quantitative estimate of drug-likeness (QED) is 0.488. The summed E-state index contributed by atoms with van der Waals surface area (Å²) in [4.78, 5) is 10.4. The number of carbonyl (C=O) groups excluding carboxylic acids is 1. The van der Waals surface area contributed by atoms with Crippen LogP contribution in [0, 0.1) is 6.92 Å². The maximum Gasteiger partial charge on any atom is 0.225 e. The van der Waals surface area contributed by atoms with Gasteiger partial charge in [0.05, 0.1) is 6.92 Å². The van der Waals surface area contributed by atoms with E-state index in [0.717, 1.165) is 6.42 Å². The van der Waals surface area contributed by atoms with Crippen molar-refractivity contribution in [1.82, 2.24) is 5.32 Å². The zero-order valence-corrected chi connectivity index (χ0v) is 7.54. The molecule has 0 aliphatic carbocycles. The molecule has 0 aliphatic rings. The second-order valence-electron chi connectivity index (χ2n) is 2.51. The molecule has 0 bridgehead atoms. The van der Waals surface area contributed by atoms with Crippen LogP contribution in [0.25, 0.3) is 0 Å². The van der Waals surface area contributed by atoms with Gasteiger partial charge in [-0.15, -0.1) is 0 Å². The second kappa shape index (κ2) is 6.85. The van der Waals surface area contributed by atoms with Gasteiger partial charge in [0.15, 0.2) is 0 Å². The summed E-state index contributed by atoms with van der Waals surface area (Å²) in [6.07, 6.45) is 4.68. The molecule has 0 aromatic heterocycles. The van der Waals surface area contributed by atoms with E-state index in [0.29, 0.717) is 6.61 Å². The number of nitrogens with one attached hydrogen (secondary N) is 1. The summed E-state index contributed by atoms with van der Waals surface area (Å²) in [7, 11) is 1.65. The Kier molecular flexibility index (Phi) is 6.38. The van der Waals surface area contributed by atoms with Crippen LogP contribution in [0.15, 0.2) is 12.2 Å². The van der Waals surface area contributed by atoms with Crippen LogP contribution in [0.1, 0.15) is 13.3 Å². The van der Waals surface area contributed by atoms with Crippen LogP contribution in [0.2, 0.25) is 0 Å². The van der Waals surface area contributed by atoms with Gasteiger partial charge in [0.2, 0.25) is 5.91 Å². The van der Waals surface area contributed by atoms with Crippen molar-refractivity contribution in [2.45, 2.75) is 19.4 Å². The molecule has 3 nitrogen and oxygen atoms in total. The maximum absolute atomic E-state index is 10.4.